The highest BCUT2D eigenvalue weighted by Gasteiger charge is 2.15. The monoisotopic (exact) mass is 410 g/mol. The number of rotatable bonds is 5. The Morgan fingerprint density at radius 2 is 1.96 bits per heavy atom. The van der Waals surface area contributed by atoms with Crippen LogP contribution in [0, 0.1) is 6.92 Å². The second-order valence-electron chi connectivity index (χ2n) is 4.74. The van der Waals surface area contributed by atoms with Gasteiger partial charge in [-0.15, -0.1) is 0 Å². The van der Waals surface area contributed by atoms with E-state index in [2.05, 4.69) is 35.9 Å². The molecule has 3 N–H and O–H groups in total. The Labute approximate surface area is 148 Å². The zero-order valence-electron chi connectivity index (χ0n) is 12.7. The summed E-state index contributed by atoms with van der Waals surface area (Å²) in [5, 5.41) is 7.16. The van der Waals surface area contributed by atoms with E-state index in [0.717, 1.165) is 15.6 Å². The number of oxime groups is 1. The lowest BCUT2D eigenvalue weighted by Gasteiger charge is -2.03. The van der Waals surface area contributed by atoms with E-state index < -0.39 is 10.1 Å². The van der Waals surface area contributed by atoms with Crippen molar-refractivity contribution in [1.29, 1.82) is 0 Å². The molecule has 0 bridgehead atoms. The van der Waals surface area contributed by atoms with Crippen molar-refractivity contribution < 1.29 is 12.7 Å². The van der Waals surface area contributed by atoms with Crippen LogP contribution in [0.3, 0.4) is 0 Å². The summed E-state index contributed by atoms with van der Waals surface area (Å²) >= 11 is 3.34. The summed E-state index contributed by atoms with van der Waals surface area (Å²) in [5.74, 6) is -0.295. The van der Waals surface area contributed by atoms with E-state index in [1.54, 1.807) is 12.1 Å². The number of nitrogens with zero attached hydrogens (tertiary/aromatic N) is 2. The highest BCUT2D eigenvalue weighted by Crippen LogP contribution is 2.13. The Bertz CT molecular complexity index is 865. The molecule has 0 aliphatic heterocycles. The Hall–Kier alpha value is -2.39. The quantitative estimate of drug-likeness (QED) is 0.446. The van der Waals surface area contributed by atoms with Gasteiger partial charge in [0.15, 0.2) is 0 Å². The number of hydrogen-bond donors (Lipinski definition) is 2. The van der Waals surface area contributed by atoms with Crippen LogP contribution >= 0.6 is 15.9 Å². The number of nitrogens with two attached hydrogens (primary N) is 1. The van der Waals surface area contributed by atoms with Crippen LogP contribution in [0.2, 0.25) is 0 Å². The van der Waals surface area contributed by atoms with Gasteiger partial charge in [0.05, 0.1) is 6.21 Å². The number of benzene rings is 2. The Morgan fingerprint density at radius 1 is 1.25 bits per heavy atom. The molecule has 2 rings (SSSR count). The van der Waals surface area contributed by atoms with Gasteiger partial charge in [0.1, 0.15) is 4.90 Å². The standard InChI is InChI=1S/C15H15BrN4O3S/c1-11-5-7-14(8-6-11)24(21,22)23-20-15(17)19-18-10-12-3-2-4-13(16)9-12/h2-10H,1H3,(H3,17,19,20). The highest BCUT2D eigenvalue weighted by atomic mass is 79.9. The number of nitrogens with one attached hydrogen (secondary N) is 1. The minimum absolute atomic E-state index is 0.0118. The van der Waals surface area contributed by atoms with E-state index in [9.17, 15) is 8.42 Å². The van der Waals surface area contributed by atoms with Crippen molar-refractivity contribution in [2.75, 3.05) is 0 Å². The van der Waals surface area contributed by atoms with Crippen molar-refractivity contribution >= 4 is 38.2 Å². The Kier molecular flexibility index (Phi) is 5.93. The van der Waals surface area contributed by atoms with Gasteiger partial charge >= 0.3 is 10.1 Å². The van der Waals surface area contributed by atoms with Crippen molar-refractivity contribution in [2.45, 2.75) is 11.8 Å². The van der Waals surface area contributed by atoms with Gasteiger partial charge in [-0.3, -0.25) is 4.28 Å². The lowest BCUT2D eigenvalue weighted by atomic mass is 10.2. The van der Waals surface area contributed by atoms with Crippen LogP contribution < -0.4 is 11.2 Å². The molecular weight excluding hydrogens is 396 g/mol. The second kappa shape index (κ2) is 7.93. The number of aryl methyl sites for hydroxylation is 1. The first-order valence-corrected chi connectivity index (χ1v) is 8.95. The molecule has 0 atom stereocenters. The maximum atomic E-state index is 11.9. The van der Waals surface area contributed by atoms with E-state index in [1.165, 1.54) is 18.3 Å². The van der Waals surface area contributed by atoms with Crippen molar-refractivity contribution in [1.82, 2.24) is 5.43 Å². The molecule has 0 amide bonds. The third-order valence-corrected chi connectivity index (χ3v) is 4.40. The molecule has 0 aromatic heterocycles. The van der Waals surface area contributed by atoms with Gasteiger partial charge in [-0.2, -0.15) is 13.5 Å². The number of hydrazone groups is 1. The summed E-state index contributed by atoms with van der Waals surface area (Å²) in [6.07, 6.45) is 1.50. The molecule has 7 nitrogen and oxygen atoms in total. The van der Waals surface area contributed by atoms with Crippen LogP contribution in [0.5, 0.6) is 0 Å². The van der Waals surface area contributed by atoms with E-state index >= 15 is 0 Å². The van der Waals surface area contributed by atoms with Gasteiger partial charge in [0, 0.05) is 4.47 Å². The SMILES string of the molecule is Cc1ccc(S(=O)(=O)ON=C(N)NN=Cc2cccc(Br)c2)cc1. The third-order valence-electron chi connectivity index (χ3n) is 2.78. The lowest BCUT2D eigenvalue weighted by molar-refractivity contribution is 0.336. The molecule has 0 saturated carbocycles. The molecule has 24 heavy (non-hydrogen) atoms. The van der Waals surface area contributed by atoms with Crippen LogP contribution in [-0.4, -0.2) is 20.6 Å². The van der Waals surface area contributed by atoms with Crippen molar-refractivity contribution in [3.05, 3.63) is 64.1 Å². The number of halogens is 1. The third kappa shape index (κ3) is 5.36. The van der Waals surface area contributed by atoms with Gasteiger partial charge < -0.3 is 5.73 Å². The molecule has 126 valence electrons. The summed E-state index contributed by atoms with van der Waals surface area (Å²) in [6.45, 7) is 1.85. The maximum absolute atomic E-state index is 11.9. The molecule has 0 aliphatic carbocycles. The van der Waals surface area contributed by atoms with Crippen LogP contribution in [-0.2, 0) is 14.4 Å². The summed E-state index contributed by atoms with van der Waals surface area (Å²) in [5.41, 5.74) is 9.63. The topological polar surface area (TPSA) is 106 Å². The Morgan fingerprint density at radius 3 is 2.62 bits per heavy atom. The molecule has 0 unspecified atom stereocenters. The normalized spacial score (nSPS) is 12.3. The van der Waals surface area contributed by atoms with Crippen molar-refractivity contribution in [2.24, 2.45) is 16.0 Å². The average Bonchev–Trinajstić information content (AvgIpc) is 2.54. The zero-order chi connectivity index (χ0) is 17.6. The molecule has 2 aromatic carbocycles. The minimum atomic E-state index is -4.02. The Balaban J connectivity index is 1.97. The van der Waals surface area contributed by atoms with Gasteiger partial charge in [-0.05, 0) is 41.9 Å². The summed E-state index contributed by atoms with van der Waals surface area (Å²) in [4.78, 5) is -0.0118. The molecular formula is C15H15BrN4O3S. The van der Waals surface area contributed by atoms with Gasteiger partial charge in [-0.1, -0.05) is 45.8 Å². The fourth-order valence-corrected chi connectivity index (χ4v) is 2.77. The van der Waals surface area contributed by atoms with Crippen LogP contribution in [0.1, 0.15) is 11.1 Å². The predicted octanol–water partition coefficient (Wildman–Crippen LogP) is 2.32. The number of hydrogen-bond acceptors (Lipinski definition) is 5. The second-order valence-corrected chi connectivity index (χ2v) is 7.19. The van der Waals surface area contributed by atoms with Crippen LogP contribution in [0.25, 0.3) is 0 Å². The van der Waals surface area contributed by atoms with E-state index in [1.807, 2.05) is 31.2 Å². The summed E-state index contributed by atoms with van der Waals surface area (Å²) in [7, 11) is -4.02. The molecule has 0 heterocycles. The first kappa shape index (κ1) is 18.0. The molecule has 0 fully saturated rings. The molecule has 0 saturated heterocycles. The fourth-order valence-electron chi connectivity index (χ4n) is 1.62. The fraction of sp³-hybridized carbons (Fsp3) is 0.0667. The molecule has 0 spiro atoms. The molecule has 2 aromatic rings. The predicted molar refractivity (Wildman–Crippen MR) is 95.9 cm³/mol. The zero-order valence-corrected chi connectivity index (χ0v) is 15.1. The first-order valence-electron chi connectivity index (χ1n) is 6.75. The van der Waals surface area contributed by atoms with Gasteiger partial charge in [0.25, 0.3) is 5.96 Å². The van der Waals surface area contributed by atoms with Gasteiger partial charge in [0.2, 0.25) is 0 Å². The van der Waals surface area contributed by atoms with Crippen LogP contribution in [0.4, 0.5) is 0 Å². The maximum Gasteiger partial charge on any atom is 0.358 e. The summed E-state index contributed by atoms with van der Waals surface area (Å²) < 4.78 is 29.3. The molecule has 0 radical (unpaired) electrons. The minimum Gasteiger partial charge on any atom is -0.366 e. The first-order chi connectivity index (χ1) is 11.4. The highest BCUT2D eigenvalue weighted by molar-refractivity contribution is 9.10. The molecule has 9 heteroatoms. The smallest absolute Gasteiger partial charge is 0.358 e. The lowest BCUT2D eigenvalue weighted by Crippen LogP contribution is -2.28. The van der Waals surface area contributed by atoms with Crippen LogP contribution in [0.15, 0.2) is 68.2 Å². The molecule has 0 aliphatic rings. The number of guanidine groups is 1. The van der Waals surface area contributed by atoms with E-state index in [4.69, 9.17) is 5.73 Å². The summed E-state index contributed by atoms with van der Waals surface area (Å²) in [6, 6.07) is 13.6. The van der Waals surface area contributed by atoms with Crippen molar-refractivity contribution in [3.63, 3.8) is 0 Å². The largest absolute Gasteiger partial charge is 0.366 e. The average molecular weight is 411 g/mol. The van der Waals surface area contributed by atoms with Gasteiger partial charge in [-0.25, -0.2) is 5.43 Å². The van der Waals surface area contributed by atoms with E-state index in [-0.39, 0.29) is 10.9 Å². The van der Waals surface area contributed by atoms with Crippen molar-refractivity contribution in [3.8, 4) is 0 Å². The van der Waals surface area contributed by atoms with E-state index in [0.29, 0.717) is 0 Å².